The fourth-order valence-corrected chi connectivity index (χ4v) is 1.38. The minimum Gasteiger partial charge on any atom is -0.370 e. The van der Waals surface area contributed by atoms with Crippen molar-refractivity contribution in [3.63, 3.8) is 0 Å². The van der Waals surface area contributed by atoms with Gasteiger partial charge in [0.05, 0.1) is 12.6 Å². The number of rotatable bonds is 6. The highest BCUT2D eigenvalue weighted by molar-refractivity contribution is 5.92. The molecule has 0 aliphatic rings. The van der Waals surface area contributed by atoms with E-state index < -0.39 is 0 Å². The van der Waals surface area contributed by atoms with E-state index in [1.165, 1.54) is 0 Å². The largest absolute Gasteiger partial charge is 0.370 e. The first-order valence-corrected chi connectivity index (χ1v) is 5.93. The molecule has 0 aromatic heterocycles. The quantitative estimate of drug-likeness (QED) is 0.363. The van der Waals surface area contributed by atoms with E-state index in [4.69, 9.17) is 17.2 Å². The number of Topliss-reactive ketones (excluding diaryl/α,β-unsaturated/α-hetero) is 1. The molecule has 0 unspecified atom stereocenters. The molecule has 0 radical (unpaired) electrons. The summed E-state index contributed by atoms with van der Waals surface area (Å²) >= 11 is 0. The lowest BCUT2D eigenvalue weighted by molar-refractivity contribution is -0.123. The highest BCUT2D eigenvalue weighted by Gasteiger charge is 2.21. The summed E-state index contributed by atoms with van der Waals surface area (Å²) < 4.78 is 0. The zero-order valence-corrected chi connectivity index (χ0v) is 11.5. The number of hydrogen-bond donors (Lipinski definition) is 4. The van der Waals surface area contributed by atoms with Gasteiger partial charge in [0.25, 0.3) is 0 Å². The van der Waals surface area contributed by atoms with E-state index in [-0.39, 0.29) is 42.2 Å². The lowest BCUT2D eigenvalue weighted by atomic mass is 10.0. The second kappa shape index (κ2) is 7.65. The SMILES string of the molecule is CC(C)N[C@@H](CN=C(N)N=C(N)N)C(=O)C(C)C. The van der Waals surface area contributed by atoms with Crippen LogP contribution in [-0.2, 0) is 4.79 Å². The number of hydrogen-bond acceptors (Lipinski definition) is 3. The van der Waals surface area contributed by atoms with Crippen LogP contribution < -0.4 is 22.5 Å². The minimum absolute atomic E-state index is 0.0258. The Morgan fingerprint density at radius 2 is 1.72 bits per heavy atom. The van der Waals surface area contributed by atoms with Crippen LogP contribution in [0.4, 0.5) is 0 Å². The predicted molar refractivity (Wildman–Crippen MR) is 74.2 cm³/mol. The fourth-order valence-electron chi connectivity index (χ4n) is 1.38. The van der Waals surface area contributed by atoms with Crippen LogP contribution in [0.5, 0.6) is 0 Å². The molecule has 0 aliphatic heterocycles. The Balaban J connectivity index is 4.70. The maximum atomic E-state index is 12.0. The Morgan fingerprint density at radius 1 is 1.17 bits per heavy atom. The van der Waals surface area contributed by atoms with E-state index in [1.807, 2.05) is 27.7 Å². The summed E-state index contributed by atoms with van der Waals surface area (Å²) in [6.07, 6.45) is 0. The monoisotopic (exact) mass is 256 g/mol. The summed E-state index contributed by atoms with van der Waals surface area (Å²) in [6.45, 7) is 7.84. The molecule has 0 aromatic carbocycles. The third kappa shape index (κ3) is 6.85. The number of aliphatic imine (C=N–C) groups is 2. The summed E-state index contributed by atoms with van der Waals surface area (Å²) in [6, 6.07) is -0.199. The number of ketones is 1. The van der Waals surface area contributed by atoms with Gasteiger partial charge in [0.1, 0.15) is 0 Å². The highest BCUT2D eigenvalue weighted by Crippen LogP contribution is 2.02. The Morgan fingerprint density at radius 3 is 2.11 bits per heavy atom. The number of nitrogens with zero attached hydrogens (tertiary/aromatic N) is 2. The second-order valence-electron chi connectivity index (χ2n) is 4.67. The van der Waals surface area contributed by atoms with Crippen molar-refractivity contribution in [2.45, 2.75) is 39.8 Å². The van der Waals surface area contributed by atoms with E-state index in [0.29, 0.717) is 0 Å². The van der Waals surface area contributed by atoms with Crippen molar-refractivity contribution in [3.05, 3.63) is 0 Å². The predicted octanol–water partition coefficient (Wildman–Crippen LogP) is -0.834. The van der Waals surface area contributed by atoms with Crippen LogP contribution in [-0.4, -0.2) is 36.3 Å². The molecule has 7 N–H and O–H groups in total. The van der Waals surface area contributed by atoms with Crippen molar-refractivity contribution in [1.29, 1.82) is 0 Å². The molecule has 0 saturated heterocycles. The Labute approximate surface area is 108 Å². The molecule has 0 amide bonds. The first kappa shape index (κ1) is 16.4. The van der Waals surface area contributed by atoms with E-state index in [2.05, 4.69) is 15.3 Å². The number of nitrogens with two attached hydrogens (primary N) is 3. The Kier molecular flexibility index (Phi) is 6.96. The van der Waals surface area contributed by atoms with Crippen molar-refractivity contribution in [2.24, 2.45) is 33.1 Å². The summed E-state index contributed by atoms with van der Waals surface area (Å²) in [4.78, 5) is 19.5. The first-order valence-electron chi connectivity index (χ1n) is 5.93. The summed E-state index contributed by atoms with van der Waals surface area (Å²) in [5, 5.41) is 3.15. The summed E-state index contributed by atoms with van der Waals surface area (Å²) in [7, 11) is 0. The molecule has 0 aromatic rings. The molecule has 0 fully saturated rings. The van der Waals surface area contributed by atoms with Crippen LogP contribution in [0.2, 0.25) is 0 Å². The molecule has 7 heteroatoms. The number of guanidine groups is 2. The van der Waals surface area contributed by atoms with Gasteiger partial charge >= 0.3 is 0 Å². The van der Waals surface area contributed by atoms with Gasteiger partial charge in [0.2, 0.25) is 5.96 Å². The standard InChI is InChI=1S/C11H24N6O/c1-6(2)9(18)8(16-7(3)4)5-15-11(14)17-10(12)13/h6-8,16H,5H2,1-4H3,(H6,12,13,14,15,17)/t8-/m0/s1. The molecular weight excluding hydrogens is 232 g/mol. The van der Waals surface area contributed by atoms with Gasteiger partial charge in [-0.2, -0.15) is 4.99 Å². The molecule has 18 heavy (non-hydrogen) atoms. The lowest BCUT2D eigenvalue weighted by Crippen LogP contribution is -2.45. The third-order valence-electron chi connectivity index (χ3n) is 2.13. The number of carbonyl (C=O) groups excluding carboxylic acids is 1. The van der Waals surface area contributed by atoms with Gasteiger partial charge in [-0.05, 0) is 0 Å². The summed E-state index contributed by atoms with van der Waals surface area (Å²) in [5.41, 5.74) is 15.8. The molecule has 104 valence electrons. The second-order valence-corrected chi connectivity index (χ2v) is 4.67. The van der Waals surface area contributed by atoms with Gasteiger partial charge in [0, 0.05) is 12.0 Å². The van der Waals surface area contributed by atoms with E-state index >= 15 is 0 Å². The maximum Gasteiger partial charge on any atom is 0.218 e. The molecule has 7 nitrogen and oxygen atoms in total. The Hall–Kier alpha value is -1.63. The van der Waals surface area contributed by atoms with Crippen molar-refractivity contribution in [2.75, 3.05) is 6.54 Å². The molecule has 0 heterocycles. The zero-order valence-electron chi connectivity index (χ0n) is 11.5. The number of nitrogens with one attached hydrogen (secondary N) is 1. The van der Waals surface area contributed by atoms with Crippen molar-refractivity contribution in [3.8, 4) is 0 Å². The van der Waals surface area contributed by atoms with Gasteiger partial charge in [-0.3, -0.25) is 4.79 Å². The van der Waals surface area contributed by atoms with Crippen LogP contribution in [0.25, 0.3) is 0 Å². The average Bonchev–Trinajstić information content (AvgIpc) is 2.21. The van der Waals surface area contributed by atoms with E-state index in [0.717, 1.165) is 0 Å². The van der Waals surface area contributed by atoms with Crippen LogP contribution in [0.1, 0.15) is 27.7 Å². The average molecular weight is 256 g/mol. The lowest BCUT2D eigenvalue weighted by Gasteiger charge is -2.20. The molecular formula is C11H24N6O. The van der Waals surface area contributed by atoms with Crippen molar-refractivity contribution in [1.82, 2.24) is 5.32 Å². The van der Waals surface area contributed by atoms with Crippen LogP contribution in [0.15, 0.2) is 9.98 Å². The third-order valence-corrected chi connectivity index (χ3v) is 2.13. The molecule has 0 saturated carbocycles. The highest BCUT2D eigenvalue weighted by atomic mass is 16.1. The van der Waals surface area contributed by atoms with Crippen LogP contribution >= 0.6 is 0 Å². The fraction of sp³-hybridized carbons (Fsp3) is 0.727. The van der Waals surface area contributed by atoms with Gasteiger partial charge in [-0.1, -0.05) is 27.7 Å². The maximum absolute atomic E-state index is 12.0. The van der Waals surface area contributed by atoms with Crippen LogP contribution in [0.3, 0.4) is 0 Å². The molecule has 1 atom stereocenters. The molecule has 0 spiro atoms. The summed E-state index contributed by atoms with van der Waals surface area (Å²) in [5.74, 6) is -0.160. The van der Waals surface area contributed by atoms with Crippen LogP contribution in [0, 0.1) is 5.92 Å². The topological polar surface area (TPSA) is 132 Å². The molecule has 0 bridgehead atoms. The van der Waals surface area contributed by atoms with Gasteiger partial charge in [-0.25, -0.2) is 4.99 Å². The van der Waals surface area contributed by atoms with Crippen molar-refractivity contribution < 1.29 is 4.79 Å². The van der Waals surface area contributed by atoms with Gasteiger partial charge < -0.3 is 22.5 Å². The Bertz CT molecular complexity index is 330. The van der Waals surface area contributed by atoms with Gasteiger partial charge in [-0.15, -0.1) is 0 Å². The zero-order chi connectivity index (χ0) is 14.3. The van der Waals surface area contributed by atoms with E-state index in [1.54, 1.807) is 0 Å². The molecule has 0 rings (SSSR count). The first-order chi connectivity index (χ1) is 8.23. The minimum atomic E-state index is -0.377. The van der Waals surface area contributed by atoms with Gasteiger partial charge in [0.15, 0.2) is 11.7 Å². The smallest absolute Gasteiger partial charge is 0.218 e. The van der Waals surface area contributed by atoms with E-state index in [9.17, 15) is 4.79 Å². The van der Waals surface area contributed by atoms with Crippen molar-refractivity contribution >= 4 is 17.7 Å². The molecule has 0 aliphatic carbocycles. The number of carbonyl (C=O) groups is 1. The normalized spacial score (nSPS) is 13.8.